The highest BCUT2D eigenvalue weighted by Crippen LogP contribution is 2.59. The Morgan fingerprint density at radius 3 is 2.10 bits per heavy atom. The monoisotopic (exact) mass is 321 g/mol. The molecule has 0 saturated carbocycles. The Morgan fingerprint density at radius 2 is 1.75 bits per heavy atom. The summed E-state index contributed by atoms with van der Waals surface area (Å²) < 4.78 is 26.9. The Bertz CT molecular complexity index is 610. The van der Waals surface area contributed by atoms with Gasteiger partial charge in [0.25, 0.3) is 0 Å². The molecular formula is C12H23N3O3S2. The number of hydrogen-bond donors (Lipinski definition) is 0. The molecule has 0 spiro atoms. The first-order chi connectivity index (χ1) is 8.85. The summed E-state index contributed by atoms with van der Waals surface area (Å²) in [5.74, 6) is 0. The predicted octanol–water partition coefficient (Wildman–Crippen LogP) is 1.57. The van der Waals surface area contributed by atoms with Gasteiger partial charge in [0, 0.05) is 14.1 Å². The van der Waals surface area contributed by atoms with Crippen molar-refractivity contribution in [2.75, 3.05) is 26.6 Å². The van der Waals surface area contributed by atoms with Crippen molar-refractivity contribution in [3.63, 3.8) is 0 Å². The molecule has 0 saturated heterocycles. The molecule has 0 aliphatic carbocycles. The van der Waals surface area contributed by atoms with Crippen LogP contribution in [0.1, 0.15) is 31.3 Å². The summed E-state index contributed by atoms with van der Waals surface area (Å²) in [6, 6.07) is 0. The molecule has 20 heavy (non-hydrogen) atoms. The van der Waals surface area contributed by atoms with E-state index in [2.05, 4.69) is 4.98 Å². The molecule has 0 atom stereocenters. The molecule has 116 valence electrons. The van der Waals surface area contributed by atoms with E-state index in [1.165, 1.54) is 20.3 Å². The smallest absolute Gasteiger partial charge is 0.296 e. The lowest BCUT2D eigenvalue weighted by molar-refractivity contribution is 0.111. The summed E-state index contributed by atoms with van der Waals surface area (Å²) in [7, 11) is -2.30. The van der Waals surface area contributed by atoms with Gasteiger partial charge >= 0.3 is 10.2 Å². The van der Waals surface area contributed by atoms with Gasteiger partial charge in [0.05, 0.1) is 6.20 Å². The normalized spacial score (nSPS) is 14.6. The number of imidazole rings is 1. The molecule has 0 aromatic carbocycles. The highest BCUT2D eigenvalue weighted by atomic mass is 32.3. The zero-order valence-electron chi connectivity index (χ0n) is 13.0. The fraction of sp³-hybridized carbons (Fsp3) is 0.667. The molecule has 0 aliphatic rings. The Hall–Kier alpha value is -0.860. The maximum atomic E-state index is 12.4. The van der Waals surface area contributed by atoms with Crippen LogP contribution in [-0.4, -0.2) is 59.3 Å². The van der Waals surface area contributed by atoms with Gasteiger partial charge in [-0.2, -0.15) is 22.8 Å². The standard InChI is InChI=1S/C12H23N3O3S2/c1-12(2,3)19(6,7)11-13-10(9-16)8-15(11)20(17,18)14(4)5/h8-9H,1-7H3. The summed E-state index contributed by atoms with van der Waals surface area (Å²) in [6.45, 7) is 6.14. The van der Waals surface area contributed by atoms with Crippen molar-refractivity contribution in [3.8, 4) is 0 Å². The largest absolute Gasteiger partial charge is 0.309 e. The second kappa shape index (κ2) is 5.16. The molecule has 1 rings (SSSR count). The van der Waals surface area contributed by atoms with Gasteiger partial charge in [0.2, 0.25) is 0 Å². The van der Waals surface area contributed by atoms with Crippen molar-refractivity contribution < 1.29 is 13.2 Å². The fourth-order valence-corrected chi connectivity index (χ4v) is 4.43. The highest BCUT2D eigenvalue weighted by Gasteiger charge is 2.36. The maximum absolute atomic E-state index is 12.4. The van der Waals surface area contributed by atoms with Crippen LogP contribution in [0.3, 0.4) is 0 Å². The van der Waals surface area contributed by atoms with Crippen LogP contribution in [0.4, 0.5) is 0 Å². The molecule has 0 radical (unpaired) electrons. The van der Waals surface area contributed by atoms with Gasteiger partial charge in [-0.3, -0.25) is 4.79 Å². The van der Waals surface area contributed by atoms with Crippen molar-refractivity contribution in [2.45, 2.75) is 30.7 Å². The van der Waals surface area contributed by atoms with Crippen LogP contribution in [0.2, 0.25) is 0 Å². The van der Waals surface area contributed by atoms with Gasteiger partial charge in [-0.1, -0.05) is 20.8 Å². The Balaban J connectivity index is 3.65. The molecule has 0 amide bonds. The van der Waals surface area contributed by atoms with Crippen LogP contribution >= 0.6 is 10.0 Å². The zero-order valence-corrected chi connectivity index (χ0v) is 14.7. The Labute approximate surface area is 122 Å². The average Bonchev–Trinajstić information content (AvgIpc) is 2.72. The molecular weight excluding hydrogens is 298 g/mol. The minimum Gasteiger partial charge on any atom is -0.296 e. The molecule has 1 aromatic heterocycles. The first-order valence-corrected chi connectivity index (χ1v) is 9.91. The minimum atomic E-state index is -3.69. The SMILES string of the molecule is CN(C)S(=O)(=O)n1cc(C=O)nc1S(C)(C)C(C)(C)C. The van der Waals surface area contributed by atoms with E-state index < -0.39 is 20.2 Å². The molecule has 6 nitrogen and oxygen atoms in total. The summed E-state index contributed by atoms with van der Waals surface area (Å²) >= 11 is 0. The first kappa shape index (κ1) is 17.2. The van der Waals surface area contributed by atoms with Crippen molar-refractivity contribution in [1.82, 2.24) is 13.3 Å². The van der Waals surface area contributed by atoms with Gasteiger partial charge in [0.15, 0.2) is 11.4 Å². The molecule has 0 fully saturated rings. The molecule has 8 heteroatoms. The van der Waals surface area contributed by atoms with Gasteiger partial charge in [-0.05, 0) is 17.3 Å². The molecule has 0 bridgehead atoms. The van der Waals surface area contributed by atoms with E-state index in [1.54, 1.807) is 0 Å². The maximum Gasteiger partial charge on any atom is 0.309 e. The number of nitrogens with zero attached hydrogens (tertiary/aromatic N) is 3. The number of aldehydes is 1. The third kappa shape index (κ3) is 2.77. The Kier molecular flexibility index (Phi) is 4.43. The number of hydrogen-bond acceptors (Lipinski definition) is 4. The highest BCUT2D eigenvalue weighted by molar-refractivity contribution is 8.33. The second-order valence-corrected chi connectivity index (χ2v) is 12.4. The van der Waals surface area contributed by atoms with Crippen LogP contribution in [0.5, 0.6) is 0 Å². The number of rotatable bonds is 4. The van der Waals surface area contributed by atoms with E-state index in [9.17, 15) is 13.2 Å². The summed E-state index contributed by atoms with van der Waals surface area (Å²) in [4.78, 5) is 15.2. The number of carbonyl (C=O) groups is 1. The van der Waals surface area contributed by atoms with Gasteiger partial charge in [0.1, 0.15) is 5.69 Å². The molecule has 1 heterocycles. The summed E-state index contributed by atoms with van der Waals surface area (Å²) in [5, 5.41) is 0.445. The zero-order chi connectivity index (χ0) is 15.9. The summed E-state index contributed by atoms with van der Waals surface area (Å²) in [6.07, 6.45) is 5.87. The Morgan fingerprint density at radius 1 is 1.25 bits per heavy atom. The van der Waals surface area contributed by atoms with Crippen LogP contribution in [0.15, 0.2) is 11.4 Å². The van der Waals surface area contributed by atoms with E-state index >= 15 is 0 Å². The van der Waals surface area contributed by atoms with E-state index in [0.29, 0.717) is 11.4 Å². The van der Waals surface area contributed by atoms with Crippen molar-refractivity contribution >= 4 is 26.5 Å². The third-order valence-electron chi connectivity index (χ3n) is 3.48. The predicted molar refractivity (Wildman–Crippen MR) is 83.1 cm³/mol. The second-order valence-electron chi connectivity index (χ2n) is 6.09. The van der Waals surface area contributed by atoms with Gasteiger partial charge < -0.3 is 0 Å². The molecule has 1 aromatic rings. The van der Waals surface area contributed by atoms with Crippen molar-refractivity contribution in [2.24, 2.45) is 0 Å². The minimum absolute atomic E-state index is 0.134. The van der Waals surface area contributed by atoms with Crippen LogP contribution in [0.25, 0.3) is 0 Å². The van der Waals surface area contributed by atoms with Gasteiger partial charge in [-0.25, -0.2) is 8.96 Å². The van der Waals surface area contributed by atoms with Crippen molar-refractivity contribution in [3.05, 3.63) is 11.9 Å². The van der Waals surface area contributed by atoms with Crippen molar-refractivity contribution in [1.29, 1.82) is 0 Å². The lowest BCUT2D eigenvalue weighted by Crippen LogP contribution is -2.32. The summed E-state index contributed by atoms with van der Waals surface area (Å²) in [5.41, 5.74) is 0.134. The number of aromatic nitrogens is 2. The third-order valence-corrected chi connectivity index (χ3v) is 9.56. The van der Waals surface area contributed by atoms with E-state index in [4.69, 9.17) is 0 Å². The number of carbonyl (C=O) groups excluding carboxylic acids is 1. The topological polar surface area (TPSA) is 72.3 Å². The van der Waals surface area contributed by atoms with Gasteiger partial charge in [-0.15, -0.1) is 0 Å². The fourth-order valence-electron chi connectivity index (χ4n) is 1.37. The molecule has 0 unspecified atom stereocenters. The van der Waals surface area contributed by atoms with Crippen LogP contribution < -0.4 is 0 Å². The molecule has 0 aliphatic heterocycles. The lowest BCUT2D eigenvalue weighted by Gasteiger charge is -2.43. The van der Waals surface area contributed by atoms with E-state index in [-0.39, 0.29) is 10.4 Å². The first-order valence-electron chi connectivity index (χ1n) is 6.06. The molecule has 0 N–H and O–H groups in total. The van der Waals surface area contributed by atoms with Crippen LogP contribution in [-0.2, 0) is 10.2 Å². The van der Waals surface area contributed by atoms with E-state index in [1.807, 2.05) is 33.3 Å². The average molecular weight is 321 g/mol. The lowest BCUT2D eigenvalue weighted by atomic mass is 10.3. The van der Waals surface area contributed by atoms with Crippen LogP contribution in [0, 0.1) is 0 Å². The quantitative estimate of drug-likeness (QED) is 0.789. The van der Waals surface area contributed by atoms with E-state index in [0.717, 1.165) is 8.28 Å².